The molecular formula is C35H47P. The first-order valence-electron chi connectivity index (χ1n) is 14.8. The fourth-order valence-electron chi connectivity index (χ4n) is 6.22. The molecule has 0 aliphatic carbocycles. The van der Waals surface area contributed by atoms with Gasteiger partial charge < -0.3 is 0 Å². The second-order valence-corrected chi connectivity index (χ2v) is 13.6. The largest absolute Gasteiger partial charge is 0.0913 e. The van der Waals surface area contributed by atoms with Gasteiger partial charge in [-0.15, -0.1) is 0 Å². The molecule has 1 aliphatic rings. The van der Waals surface area contributed by atoms with Crippen LogP contribution < -0.4 is 0 Å². The SMILES string of the molecule is CCCCCCCCCCCCP1C(c2ccccc2)CC(c2ccccc2)CC1c1ccccc1. The molecule has 4 rings (SSSR count). The Hall–Kier alpha value is -1.91. The molecule has 0 aromatic heterocycles. The van der Waals surface area contributed by atoms with Crippen LogP contribution in [0.3, 0.4) is 0 Å². The molecule has 3 aromatic carbocycles. The van der Waals surface area contributed by atoms with Crippen LogP contribution >= 0.6 is 7.92 Å². The lowest BCUT2D eigenvalue weighted by Gasteiger charge is -2.44. The van der Waals surface area contributed by atoms with Gasteiger partial charge in [0.2, 0.25) is 0 Å². The number of rotatable bonds is 14. The van der Waals surface area contributed by atoms with E-state index in [1.165, 1.54) is 88.8 Å². The average Bonchev–Trinajstić information content (AvgIpc) is 2.95. The molecule has 0 nitrogen and oxygen atoms in total. The van der Waals surface area contributed by atoms with Gasteiger partial charge in [0, 0.05) is 11.3 Å². The number of hydrogen-bond acceptors (Lipinski definition) is 0. The lowest BCUT2D eigenvalue weighted by molar-refractivity contribution is 0.523. The van der Waals surface area contributed by atoms with Crippen molar-refractivity contribution in [1.29, 1.82) is 0 Å². The van der Waals surface area contributed by atoms with Gasteiger partial charge in [-0.3, -0.25) is 0 Å². The molecule has 0 N–H and O–H groups in total. The maximum atomic E-state index is 2.41. The van der Waals surface area contributed by atoms with Crippen LogP contribution in [0.15, 0.2) is 91.0 Å². The summed E-state index contributed by atoms with van der Waals surface area (Å²) in [5.74, 6) is 0.646. The first-order chi connectivity index (χ1) is 17.9. The van der Waals surface area contributed by atoms with Crippen LogP contribution in [-0.2, 0) is 0 Å². The van der Waals surface area contributed by atoms with Crippen molar-refractivity contribution in [3.63, 3.8) is 0 Å². The summed E-state index contributed by atoms with van der Waals surface area (Å²) in [5.41, 5.74) is 6.09. The predicted octanol–water partition coefficient (Wildman–Crippen LogP) is 11.4. The van der Waals surface area contributed by atoms with Crippen molar-refractivity contribution >= 4 is 7.92 Å². The summed E-state index contributed by atoms with van der Waals surface area (Å²) in [6, 6.07) is 34.4. The van der Waals surface area contributed by atoms with E-state index in [-0.39, 0.29) is 7.92 Å². The van der Waals surface area contributed by atoms with Gasteiger partial charge in [0.25, 0.3) is 0 Å². The number of benzene rings is 3. The Morgan fingerprint density at radius 1 is 0.500 bits per heavy atom. The summed E-state index contributed by atoms with van der Waals surface area (Å²) >= 11 is 0. The van der Waals surface area contributed by atoms with Crippen LogP contribution in [-0.4, -0.2) is 6.16 Å². The van der Waals surface area contributed by atoms with Gasteiger partial charge in [-0.1, -0.05) is 164 Å². The molecule has 1 aliphatic heterocycles. The number of unbranched alkanes of at least 4 members (excludes halogenated alkanes) is 9. The van der Waals surface area contributed by atoms with Crippen molar-refractivity contribution in [2.45, 2.75) is 101 Å². The van der Waals surface area contributed by atoms with Crippen LogP contribution in [0, 0.1) is 0 Å². The molecule has 0 amide bonds. The van der Waals surface area contributed by atoms with Crippen molar-refractivity contribution in [2.75, 3.05) is 6.16 Å². The zero-order chi connectivity index (χ0) is 24.8. The van der Waals surface area contributed by atoms with E-state index in [0.29, 0.717) is 17.2 Å². The molecule has 0 saturated carbocycles. The van der Waals surface area contributed by atoms with Crippen molar-refractivity contribution in [1.82, 2.24) is 0 Å². The molecule has 1 heteroatoms. The first kappa shape index (κ1) is 27.1. The van der Waals surface area contributed by atoms with E-state index in [2.05, 4.69) is 97.9 Å². The number of hydrogen-bond donors (Lipinski definition) is 0. The second kappa shape index (κ2) is 15.4. The summed E-state index contributed by atoms with van der Waals surface area (Å²) in [7, 11) is -0.103. The third-order valence-corrected chi connectivity index (χ3v) is 11.7. The van der Waals surface area contributed by atoms with Gasteiger partial charge in [0.15, 0.2) is 0 Å². The smallest absolute Gasteiger partial charge is 0.00531 e. The van der Waals surface area contributed by atoms with Crippen molar-refractivity contribution < 1.29 is 0 Å². The minimum Gasteiger partial charge on any atom is -0.0913 e. The van der Waals surface area contributed by atoms with Crippen LogP contribution in [0.5, 0.6) is 0 Å². The molecule has 2 unspecified atom stereocenters. The Balaban J connectivity index is 1.44. The minimum atomic E-state index is -0.103. The molecule has 192 valence electrons. The Labute approximate surface area is 222 Å². The molecule has 1 saturated heterocycles. The molecule has 0 radical (unpaired) electrons. The van der Waals surface area contributed by atoms with Gasteiger partial charge in [0.1, 0.15) is 0 Å². The zero-order valence-electron chi connectivity index (χ0n) is 22.5. The van der Waals surface area contributed by atoms with E-state index in [9.17, 15) is 0 Å². The van der Waals surface area contributed by atoms with E-state index >= 15 is 0 Å². The summed E-state index contributed by atoms with van der Waals surface area (Å²) < 4.78 is 0. The highest BCUT2D eigenvalue weighted by atomic mass is 31.1. The van der Waals surface area contributed by atoms with E-state index in [0.717, 1.165) is 0 Å². The average molecular weight is 499 g/mol. The van der Waals surface area contributed by atoms with Crippen LogP contribution in [0.1, 0.15) is 118 Å². The third-order valence-electron chi connectivity index (χ3n) is 8.23. The molecular weight excluding hydrogens is 451 g/mol. The van der Waals surface area contributed by atoms with Crippen molar-refractivity contribution in [3.8, 4) is 0 Å². The lowest BCUT2D eigenvalue weighted by Crippen LogP contribution is -2.19. The highest BCUT2D eigenvalue weighted by Crippen LogP contribution is 2.70. The minimum absolute atomic E-state index is 0.103. The van der Waals surface area contributed by atoms with Gasteiger partial charge >= 0.3 is 0 Å². The summed E-state index contributed by atoms with van der Waals surface area (Å²) in [4.78, 5) is 0. The third kappa shape index (κ3) is 8.05. The van der Waals surface area contributed by atoms with E-state index < -0.39 is 0 Å². The zero-order valence-corrected chi connectivity index (χ0v) is 23.4. The molecule has 3 aromatic rings. The molecule has 1 fully saturated rings. The van der Waals surface area contributed by atoms with Gasteiger partial charge in [-0.05, 0) is 48.0 Å². The fraction of sp³-hybridized carbons (Fsp3) is 0.486. The Bertz CT molecular complexity index is 902. The second-order valence-electron chi connectivity index (χ2n) is 10.9. The van der Waals surface area contributed by atoms with Crippen LogP contribution in [0.2, 0.25) is 0 Å². The Morgan fingerprint density at radius 3 is 1.33 bits per heavy atom. The highest BCUT2D eigenvalue weighted by Gasteiger charge is 2.38. The standard InChI is InChI=1S/C35H47P/c1-2-3-4-5-6-7-8-9-10-20-27-36-34(31-23-16-12-17-24-31)28-33(30-21-14-11-15-22-30)29-35(36)32-25-18-13-19-26-32/h11-19,21-26,33-35H,2-10,20,27-29H2,1H3. The Kier molecular flexibility index (Phi) is 11.6. The normalized spacial score (nSPS) is 21.9. The summed E-state index contributed by atoms with van der Waals surface area (Å²) in [6.45, 7) is 2.31. The van der Waals surface area contributed by atoms with E-state index in [4.69, 9.17) is 0 Å². The summed E-state index contributed by atoms with van der Waals surface area (Å²) in [6.07, 6.45) is 18.3. The molecule has 2 atom stereocenters. The molecule has 1 heterocycles. The van der Waals surface area contributed by atoms with Gasteiger partial charge in [0.05, 0.1) is 0 Å². The maximum absolute atomic E-state index is 2.41. The quantitative estimate of drug-likeness (QED) is 0.153. The monoisotopic (exact) mass is 498 g/mol. The summed E-state index contributed by atoms with van der Waals surface area (Å²) in [5, 5.41) is 0. The Morgan fingerprint density at radius 2 is 0.889 bits per heavy atom. The highest BCUT2D eigenvalue weighted by molar-refractivity contribution is 7.58. The van der Waals surface area contributed by atoms with Crippen LogP contribution in [0.4, 0.5) is 0 Å². The van der Waals surface area contributed by atoms with E-state index in [1.807, 2.05) is 0 Å². The predicted molar refractivity (Wildman–Crippen MR) is 160 cm³/mol. The lowest BCUT2D eigenvalue weighted by atomic mass is 9.86. The molecule has 0 spiro atoms. The van der Waals surface area contributed by atoms with Gasteiger partial charge in [-0.2, -0.15) is 0 Å². The topological polar surface area (TPSA) is 0 Å². The van der Waals surface area contributed by atoms with Crippen LogP contribution in [0.25, 0.3) is 0 Å². The van der Waals surface area contributed by atoms with E-state index in [1.54, 1.807) is 11.1 Å². The molecule has 36 heavy (non-hydrogen) atoms. The van der Waals surface area contributed by atoms with Crippen molar-refractivity contribution in [2.24, 2.45) is 0 Å². The molecule has 0 bridgehead atoms. The van der Waals surface area contributed by atoms with Crippen molar-refractivity contribution in [3.05, 3.63) is 108 Å². The maximum Gasteiger partial charge on any atom is 0.00531 e. The fourth-order valence-corrected chi connectivity index (χ4v) is 10.0. The van der Waals surface area contributed by atoms with Gasteiger partial charge in [-0.25, -0.2) is 0 Å². The first-order valence-corrected chi connectivity index (χ1v) is 16.4.